The van der Waals surface area contributed by atoms with Gasteiger partial charge in [-0.3, -0.25) is 9.79 Å². The van der Waals surface area contributed by atoms with Crippen LogP contribution in [0.3, 0.4) is 0 Å². The van der Waals surface area contributed by atoms with E-state index in [1.807, 2.05) is 11.2 Å². The van der Waals surface area contributed by atoms with Crippen LogP contribution in [0, 0.1) is 0 Å². The van der Waals surface area contributed by atoms with Crippen molar-refractivity contribution in [1.82, 2.24) is 9.80 Å². The predicted molar refractivity (Wildman–Crippen MR) is 48.2 cm³/mol. The molecule has 0 aromatic rings. The van der Waals surface area contributed by atoms with Crippen LogP contribution in [0.4, 0.5) is 0 Å². The molecule has 0 unspecified atom stereocenters. The number of rotatable bonds is 1. The van der Waals surface area contributed by atoms with Crippen LogP contribution < -0.4 is 0 Å². The molecule has 0 aromatic heterocycles. The lowest BCUT2D eigenvalue weighted by molar-refractivity contribution is -0.130. The normalized spacial score (nSPS) is 18.8. The average molecular weight is 169 g/mol. The summed E-state index contributed by atoms with van der Waals surface area (Å²) in [5.74, 6) is 0.170. The lowest BCUT2D eigenvalue weighted by Crippen LogP contribution is -2.47. The predicted octanol–water partition coefficient (Wildman–Crippen LogP) is -0.191. The van der Waals surface area contributed by atoms with Crippen LogP contribution in [0.2, 0.25) is 0 Å². The second-order valence-corrected chi connectivity index (χ2v) is 2.92. The summed E-state index contributed by atoms with van der Waals surface area (Å²) in [7, 11) is 1.76. The molecule has 0 saturated carbocycles. The lowest BCUT2D eigenvalue weighted by atomic mass is 10.3. The van der Waals surface area contributed by atoms with Crippen LogP contribution in [0.25, 0.3) is 0 Å². The fourth-order valence-electron chi connectivity index (χ4n) is 1.32. The van der Waals surface area contributed by atoms with Crippen molar-refractivity contribution in [1.29, 1.82) is 0 Å². The van der Waals surface area contributed by atoms with Crippen molar-refractivity contribution in [3.8, 4) is 0 Å². The Kier molecular flexibility index (Phi) is 3.08. The van der Waals surface area contributed by atoms with Crippen molar-refractivity contribution in [3.63, 3.8) is 0 Å². The molecule has 1 rings (SSSR count). The van der Waals surface area contributed by atoms with E-state index < -0.39 is 0 Å². The number of aliphatic imine (C=N–C) groups is 1. The number of piperazine rings is 1. The highest BCUT2D eigenvalue weighted by Gasteiger charge is 2.15. The first-order chi connectivity index (χ1) is 5.74. The van der Waals surface area contributed by atoms with Gasteiger partial charge in [0.1, 0.15) is 0 Å². The van der Waals surface area contributed by atoms with E-state index in [0.717, 1.165) is 26.2 Å². The summed E-state index contributed by atoms with van der Waals surface area (Å²) in [4.78, 5) is 18.8. The maximum atomic E-state index is 10.9. The molecule has 0 atom stereocenters. The highest BCUT2D eigenvalue weighted by atomic mass is 16.2. The van der Waals surface area contributed by atoms with Crippen LogP contribution in [-0.4, -0.2) is 55.3 Å². The van der Waals surface area contributed by atoms with Crippen molar-refractivity contribution in [2.24, 2.45) is 4.99 Å². The minimum Gasteiger partial charge on any atom is -0.359 e. The molecule has 1 heterocycles. The summed E-state index contributed by atoms with van der Waals surface area (Å²) >= 11 is 0. The lowest BCUT2D eigenvalue weighted by Gasteiger charge is -2.32. The molecule has 0 bridgehead atoms. The van der Waals surface area contributed by atoms with E-state index in [9.17, 15) is 4.79 Å². The van der Waals surface area contributed by atoms with Gasteiger partial charge < -0.3 is 9.80 Å². The Morgan fingerprint density at radius 2 is 1.92 bits per heavy atom. The van der Waals surface area contributed by atoms with Crippen LogP contribution >= 0.6 is 0 Å². The van der Waals surface area contributed by atoms with Gasteiger partial charge in [0.2, 0.25) is 5.91 Å². The smallest absolute Gasteiger partial charge is 0.219 e. The number of carbonyl (C=O) groups is 1. The van der Waals surface area contributed by atoms with Crippen molar-refractivity contribution < 1.29 is 4.79 Å². The van der Waals surface area contributed by atoms with E-state index in [0.29, 0.717) is 0 Å². The van der Waals surface area contributed by atoms with Gasteiger partial charge in [-0.15, -0.1) is 0 Å². The number of carbonyl (C=O) groups excluding carboxylic acids is 1. The van der Waals surface area contributed by atoms with E-state index in [4.69, 9.17) is 0 Å². The number of hydrogen-bond acceptors (Lipinski definition) is 2. The van der Waals surface area contributed by atoms with E-state index >= 15 is 0 Å². The average Bonchev–Trinajstić information content (AvgIpc) is 2.06. The van der Waals surface area contributed by atoms with Gasteiger partial charge in [0.15, 0.2) is 0 Å². The molecule has 4 nitrogen and oxygen atoms in total. The van der Waals surface area contributed by atoms with Gasteiger partial charge >= 0.3 is 0 Å². The minimum absolute atomic E-state index is 0.170. The van der Waals surface area contributed by atoms with Crippen molar-refractivity contribution in [3.05, 3.63) is 0 Å². The Bertz CT molecular complexity index is 183. The van der Waals surface area contributed by atoms with E-state index in [1.54, 1.807) is 14.0 Å². The minimum atomic E-state index is 0.170. The molecule has 0 N–H and O–H groups in total. The maximum absolute atomic E-state index is 10.9. The summed E-state index contributed by atoms with van der Waals surface area (Å²) in [6.45, 7) is 5.06. The van der Waals surface area contributed by atoms with Crippen molar-refractivity contribution in [2.45, 2.75) is 6.92 Å². The third-order valence-electron chi connectivity index (χ3n) is 2.04. The highest BCUT2D eigenvalue weighted by molar-refractivity contribution is 5.73. The molecule has 68 valence electrons. The standard InChI is InChI=1S/C8H15N3O/c1-8(12)11-5-3-10(4-6-11)7-9-2/h7H,3-6H2,1-2H3. The number of nitrogens with zero attached hydrogens (tertiary/aromatic N) is 3. The fourth-order valence-corrected chi connectivity index (χ4v) is 1.32. The Hall–Kier alpha value is -1.06. The van der Waals surface area contributed by atoms with Crippen molar-refractivity contribution in [2.75, 3.05) is 33.2 Å². The van der Waals surface area contributed by atoms with Crippen molar-refractivity contribution >= 4 is 12.2 Å². The Morgan fingerprint density at radius 1 is 1.33 bits per heavy atom. The molecule has 1 fully saturated rings. The first kappa shape index (κ1) is 9.03. The third-order valence-corrected chi connectivity index (χ3v) is 2.04. The number of hydrogen-bond donors (Lipinski definition) is 0. The SMILES string of the molecule is CN=CN1CCN(C(C)=O)CC1. The molecule has 1 saturated heterocycles. The molecule has 4 heteroatoms. The molecule has 1 aliphatic rings. The van der Waals surface area contributed by atoms with E-state index in [1.165, 1.54) is 0 Å². The second kappa shape index (κ2) is 4.09. The molecule has 0 aliphatic carbocycles. The Balaban J connectivity index is 2.34. The van der Waals surface area contributed by atoms with E-state index in [2.05, 4.69) is 9.89 Å². The van der Waals surface area contributed by atoms with Gasteiger partial charge in [0.05, 0.1) is 6.34 Å². The Morgan fingerprint density at radius 3 is 2.33 bits per heavy atom. The fraction of sp³-hybridized carbons (Fsp3) is 0.750. The first-order valence-electron chi connectivity index (χ1n) is 4.16. The summed E-state index contributed by atoms with van der Waals surface area (Å²) in [6, 6.07) is 0. The molecular formula is C8H15N3O. The van der Waals surface area contributed by atoms with Gasteiger partial charge in [-0.1, -0.05) is 0 Å². The molecule has 0 spiro atoms. The van der Waals surface area contributed by atoms with Gasteiger partial charge in [-0.05, 0) is 0 Å². The second-order valence-electron chi connectivity index (χ2n) is 2.92. The van der Waals surface area contributed by atoms with Gasteiger partial charge in [-0.25, -0.2) is 0 Å². The van der Waals surface area contributed by atoms with Crippen LogP contribution in [0.1, 0.15) is 6.92 Å². The highest BCUT2D eigenvalue weighted by Crippen LogP contribution is 1.99. The third kappa shape index (κ3) is 2.22. The van der Waals surface area contributed by atoms with Gasteiger partial charge in [-0.2, -0.15) is 0 Å². The Labute approximate surface area is 72.9 Å². The zero-order valence-corrected chi connectivity index (χ0v) is 7.66. The monoisotopic (exact) mass is 169 g/mol. The first-order valence-corrected chi connectivity index (χ1v) is 4.16. The van der Waals surface area contributed by atoms with Gasteiger partial charge in [0.25, 0.3) is 0 Å². The molecular weight excluding hydrogens is 154 g/mol. The van der Waals surface area contributed by atoms with E-state index in [-0.39, 0.29) is 5.91 Å². The quantitative estimate of drug-likeness (QED) is 0.403. The largest absolute Gasteiger partial charge is 0.359 e. The summed E-state index contributed by atoms with van der Waals surface area (Å²) in [5, 5.41) is 0. The zero-order valence-electron chi connectivity index (χ0n) is 7.66. The molecule has 1 amide bonds. The van der Waals surface area contributed by atoms with Crippen LogP contribution in [0.15, 0.2) is 4.99 Å². The molecule has 0 aromatic carbocycles. The number of amides is 1. The van der Waals surface area contributed by atoms with Gasteiger partial charge in [0, 0.05) is 40.2 Å². The summed E-state index contributed by atoms with van der Waals surface area (Å²) in [5.41, 5.74) is 0. The molecule has 0 radical (unpaired) electrons. The topological polar surface area (TPSA) is 35.9 Å². The van der Waals surface area contributed by atoms with Crippen LogP contribution in [-0.2, 0) is 4.79 Å². The molecule has 12 heavy (non-hydrogen) atoms. The maximum Gasteiger partial charge on any atom is 0.219 e. The zero-order chi connectivity index (χ0) is 8.97. The summed E-state index contributed by atoms with van der Waals surface area (Å²) in [6.07, 6.45) is 1.83. The molecule has 1 aliphatic heterocycles. The van der Waals surface area contributed by atoms with Crippen LogP contribution in [0.5, 0.6) is 0 Å². The summed E-state index contributed by atoms with van der Waals surface area (Å²) < 4.78 is 0.